The number of nitrogens with two attached hydrogens (primary N) is 1. The summed E-state index contributed by atoms with van der Waals surface area (Å²) in [6, 6.07) is 13.2. The van der Waals surface area contributed by atoms with Crippen LogP contribution < -0.4 is 22.0 Å². The minimum atomic E-state index is -0.560. The minimum Gasteiger partial charge on any atom is -0.399 e. The first kappa shape index (κ1) is 30.8. The number of fused-ring (bicyclic) bond motifs is 3. The Morgan fingerprint density at radius 1 is 0.683 bits per heavy atom. The van der Waals surface area contributed by atoms with Crippen LogP contribution in [0.2, 0.25) is 0 Å². The van der Waals surface area contributed by atoms with Gasteiger partial charge in [-0.15, -0.1) is 0 Å². The molecule has 1 unspecified atom stereocenters. The highest BCUT2D eigenvalue weighted by atomic mass is 16.7. The Hall–Kier alpha value is -1.67. The molecule has 2 aliphatic heterocycles. The third-order valence-electron chi connectivity index (χ3n) is 10.4. The second kappa shape index (κ2) is 10.5. The SMILES string of the molecule is CCCCNC1(C(N)CCC)c2cc(B3OC(C)(C)C(C)(C)O3)ccc2-c2ccc(B3OC(C)(C)C(C)(C)O3)cc21. The van der Waals surface area contributed by atoms with Gasteiger partial charge in [0.15, 0.2) is 0 Å². The van der Waals surface area contributed by atoms with Crippen LogP contribution in [0.1, 0.15) is 106 Å². The molecule has 3 N–H and O–H groups in total. The van der Waals surface area contributed by atoms with Crippen molar-refractivity contribution in [3.8, 4) is 11.1 Å². The lowest BCUT2D eigenvalue weighted by atomic mass is 9.72. The fourth-order valence-corrected chi connectivity index (χ4v) is 6.35. The van der Waals surface area contributed by atoms with E-state index in [1.165, 1.54) is 22.3 Å². The van der Waals surface area contributed by atoms with Gasteiger partial charge in [0.1, 0.15) is 0 Å². The fraction of sp³-hybridized carbons (Fsp3) is 0.636. The van der Waals surface area contributed by atoms with Crippen LogP contribution in [0.4, 0.5) is 0 Å². The Kier molecular flexibility index (Phi) is 7.88. The molecule has 0 spiro atoms. The molecule has 2 aromatic rings. The lowest BCUT2D eigenvalue weighted by Gasteiger charge is -2.39. The van der Waals surface area contributed by atoms with E-state index in [2.05, 4.69) is 111 Å². The molecule has 1 atom stereocenters. The monoisotopic (exact) mass is 560 g/mol. The number of hydrogen-bond donors (Lipinski definition) is 2. The highest BCUT2D eigenvalue weighted by molar-refractivity contribution is 6.62. The number of nitrogens with one attached hydrogen (secondary N) is 1. The van der Waals surface area contributed by atoms with Crippen molar-refractivity contribution in [2.45, 2.75) is 129 Å². The largest absolute Gasteiger partial charge is 0.494 e. The highest BCUT2D eigenvalue weighted by Crippen LogP contribution is 2.50. The molecule has 3 aliphatic rings. The molecule has 1 aliphatic carbocycles. The van der Waals surface area contributed by atoms with Crippen LogP contribution >= 0.6 is 0 Å². The van der Waals surface area contributed by atoms with Crippen LogP contribution in [0.5, 0.6) is 0 Å². The first-order valence-electron chi connectivity index (χ1n) is 15.6. The van der Waals surface area contributed by atoms with E-state index in [0.717, 1.165) is 43.2 Å². The average molecular weight is 560 g/mol. The van der Waals surface area contributed by atoms with Crippen molar-refractivity contribution in [1.29, 1.82) is 0 Å². The van der Waals surface area contributed by atoms with Crippen molar-refractivity contribution in [3.63, 3.8) is 0 Å². The smallest absolute Gasteiger partial charge is 0.399 e. The zero-order chi connectivity index (χ0) is 30.0. The summed E-state index contributed by atoms with van der Waals surface area (Å²) in [5.41, 5.74) is 11.9. The summed E-state index contributed by atoms with van der Waals surface area (Å²) in [7, 11) is -0.880. The molecule has 5 rings (SSSR count). The fourth-order valence-electron chi connectivity index (χ4n) is 6.35. The summed E-state index contributed by atoms with van der Waals surface area (Å²) < 4.78 is 25.9. The predicted molar refractivity (Wildman–Crippen MR) is 170 cm³/mol. The Morgan fingerprint density at radius 2 is 1.10 bits per heavy atom. The maximum Gasteiger partial charge on any atom is 0.494 e. The van der Waals surface area contributed by atoms with Crippen molar-refractivity contribution < 1.29 is 18.6 Å². The van der Waals surface area contributed by atoms with Gasteiger partial charge in [0.05, 0.1) is 27.9 Å². The molecular weight excluding hydrogens is 510 g/mol. The van der Waals surface area contributed by atoms with Gasteiger partial charge in [-0.1, -0.05) is 63.1 Å². The quantitative estimate of drug-likeness (QED) is 0.331. The van der Waals surface area contributed by atoms with Gasteiger partial charge in [-0.2, -0.15) is 0 Å². The van der Waals surface area contributed by atoms with Crippen molar-refractivity contribution >= 4 is 25.2 Å². The Bertz CT molecular complexity index is 1170. The summed E-state index contributed by atoms with van der Waals surface area (Å²) in [5, 5.41) is 4.01. The molecule has 2 aromatic carbocycles. The molecule has 0 saturated carbocycles. The summed E-state index contributed by atoms with van der Waals surface area (Å²) in [6.45, 7) is 22.1. The third-order valence-corrected chi connectivity index (χ3v) is 10.4. The van der Waals surface area contributed by atoms with Gasteiger partial charge in [-0.05, 0) is 108 Å². The number of hydrogen-bond acceptors (Lipinski definition) is 6. The third kappa shape index (κ3) is 4.93. The lowest BCUT2D eigenvalue weighted by Crippen LogP contribution is -2.56. The van der Waals surface area contributed by atoms with E-state index in [1.54, 1.807) is 0 Å². The van der Waals surface area contributed by atoms with Crippen LogP contribution in [0, 0.1) is 0 Å². The van der Waals surface area contributed by atoms with Gasteiger partial charge < -0.3 is 29.7 Å². The zero-order valence-corrected chi connectivity index (χ0v) is 26.9. The zero-order valence-electron chi connectivity index (χ0n) is 26.9. The van der Waals surface area contributed by atoms with Crippen LogP contribution in [0.3, 0.4) is 0 Å². The van der Waals surface area contributed by atoms with E-state index in [-0.39, 0.29) is 6.04 Å². The van der Waals surface area contributed by atoms with Crippen molar-refractivity contribution in [2.24, 2.45) is 5.73 Å². The normalized spacial score (nSPS) is 23.5. The van der Waals surface area contributed by atoms with Crippen molar-refractivity contribution in [1.82, 2.24) is 5.32 Å². The van der Waals surface area contributed by atoms with Crippen molar-refractivity contribution in [3.05, 3.63) is 47.5 Å². The van der Waals surface area contributed by atoms with Crippen LogP contribution in [0.15, 0.2) is 36.4 Å². The maximum atomic E-state index is 7.23. The summed E-state index contributed by atoms with van der Waals surface area (Å²) in [6.07, 6.45) is 4.06. The lowest BCUT2D eigenvalue weighted by molar-refractivity contribution is 0.00578. The number of benzene rings is 2. The molecule has 2 saturated heterocycles. The minimum absolute atomic E-state index is 0.133. The molecule has 0 radical (unpaired) electrons. The summed E-state index contributed by atoms with van der Waals surface area (Å²) >= 11 is 0. The van der Waals surface area contributed by atoms with E-state index >= 15 is 0 Å². The second-order valence-electron chi connectivity index (χ2n) is 14.3. The molecule has 222 valence electrons. The highest BCUT2D eigenvalue weighted by Gasteiger charge is 2.55. The molecule has 0 aromatic heterocycles. The van der Waals surface area contributed by atoms with Crippen molar-refractivity contribution in [2.75, 3.05) is 6.54 Å². The standard InChI is InChI=1S/C33H50B2N2O4/c1-11-13-19-37-33(28(36)14-12-2)26-20-22(34-38-29(3,4)30(5,6)39-34)15-17-24(26)25-18-16-23(21-27(25)33)35-40-31(7,8)32(9,10)41-35/h15-18,20-21,28,37H,11-14,19,36H2,1-10H3. The van der Waals surface area contributed by atoms with E-state index in [1.807, 2.05) is 0 Å². The van der Waals surface area contributed by atoms with Gasteiger partial charge in [0, 0.05) is 6.04 Å². The Balaban J connectivity index is 1.65. The van der Waals surface area contributed by atoms with Crippen LogP contribution in [-0.4, -0.2) is 49.2 Å². The first-order chi connectivity index (χ1) is 19.1. The van der Waals surface area contributed by atoms with E-state index in [4.69, 9.17) is 24.4 Å². The molecule has 6 nitrogen and oxygen atoms in total. The first-order valence-corrected chi connectivity index (χ1v) is 15.6. The topological polar surface area (TPSA) is 75.0 Å². The van der Waals surface area contributed by atoms with E-state index in [9.17, 15) is 0 Å². The van der Waals surface area contributed by atoms with E-state index in [0.29, 0.717) is 0 Å². The molecule has 0 amide bonds. The molecule has 8 heteroatoms. The molecule has 0 bridgehead atoms. The molecule has 41 heavy (non-hydrogen) atoms. The summed E-state index contributed by atoms with van der Waals surface area (Å²) in [4.78, 5) is 0. The number of rotatable bonds is 9. The Morgan fingerprint density at radius 3 is 1.46 bits per heavy atom. The van der Waals surface area contributed by atoms with Gasteiger partial charge in [0.2, 0.25) is 0 Å². The van der Waals surface area contributed by atoms with Gasteiger partial charge in [0.25, 0.3) is 0 Å². The van der Waals surface area contributed by atoms with Crippen LogP contribution in [-0.2, 0) is 24.2 Å². The Labute approximate surface area is 248 Å². The van der Waals surface area contributed by atoms with Crippen LogP contribution in [0.25, 0.3) is 11.1 Å². The van der Waals surface area contributed by atoms with Gasteiger partial charge in [-0.25, -0.2) is 0 Å². The summed E-state index contributed by atoms with van der Waals surface area (Å²) in [5.74, 6) is 0. The second-order valence-corrected chi connectivity index (χ2v) is 14.3. The van der Waals surface area contributed by atoms with Gasteiger partial charge >= 0.3 is 14.2 Å². The molecule has 2 fully saturated rings. The van der Waals surface area contributed by atoms with E-state index < -0.39 is 42.2 Å². The predicted octanol–water partition coefficient (Wildman–Crippen LogP) is 5.03. The van der Waals surface area contributed by atoms with Gasteiger partial charge in [-0.3, -0.25) is 0 Å². The average Bonchev–Trinajstić information content (AvgIpc) is 3.39. The molecule has 2 heterocycles. The molecular formula is C33H50B2N2O4. The maximum absolute atomic E-state index is 7.23. The number of unbranched alkanes of at least 4 members (excludes halogenated alkanes) is 1.